The third-order valence-electron chi connectivity index (χ3n) is 4.92. The van der Waals surface area contributed by atoms with Crippen LogP contribution < -0.4 is 4.72 Å². The molecule has 1 N–H and O–H groups in total. The first-order valence-corrected chi connectivity index (χ1v) is 11.7. The van der Waals surface area contributed by atoms with E-state index in [4.69, 9.17) is 0 Å². The van der Waals surface area contributed by atoms with Crippen molar-refractivity contribution in [3.8, 4) is 0 Å². The summed E-state index contributed by atoms with van der Waals surface area (Å²) < 4.78 is 30.3. The molecule has 0 saturated carbocycles. The Morgan fingerprint density at radius 2 is 1.73 bits per heavy atom. The Morgan fingerprint density at radius 1 is 1.07 bits per heavy atom. The fraction of sp³-hybridized carbons (Fsp3) is 0.280. The van der Waals surface area contributed by atoms with Crippen molar-refractivity contribution in [1.82, 2.24) is 4.31 Å². The minimum absolute atomic E-state index is 0.367. The van der Waals surface area contributed by atoms with Gasteiger partial charge in [-0.05, 0) is 68.0 Å². The van der Waals surface area contributed by atoms with Crippen LogP contribution >= 0.6 is 0 Å². The van der Waals surface area contributed by atoms with Crippen molar-refractivity contribution in [2.45, 2.75) is 33.6 Å². The topological polar surface area (TPSA) is 49.4 Å². The average Bonchev–Trinajstić information content (AvgIpc) is 2.76. The normalized spacial score (nSPS) is 18.8. The molecule has 2 rings (SSSR count). The maximum atomic E-state index is 13.0. The molecule has 0 radical (unpaired) electrons. The quantitative estimate of drug-likeness (QED) is 0.525. The first-order valence-electron chi connectivity index (χ1n) is 10.3. The van der Waals surface area contributed by atoms with Gasteiger partial charge in [-0.15, -0.1) is 0 Å². The maximum Gasteiger partial charge on any atom is 0.301 e. The van der Waals surface area contributed by atoms with Crippen molar-refractivity contribution in [3.63, 3.8) is 0 Å². The molecule has 1 aliphatic heterocycles. The Morgan fingerprint density at radius 3 is 2.33 bits per heavy atom. The second-order valence-electron chi connectivity index (χ2n) is 6.97. The van der Waals surface area contributed by atoms with E-state index in [-0.39, 0.29) is 0 Å². The summed E-state index contributed by atoms with van der Waals surface area (Å²) in [5.74, 6) is 0. The number of rotatable bonds is 8. The Labute approximate surface area is 181 Å². The number of benzene rings is 1. The molecular formula is C25H32N2O2S. The first kappa shape index (κ1) is 23.6. The Bertz CT molecular complexity index is 981. The van der Waals surface area contributed by atoms with Crippen LogP contribution in [0.3, 0.4) is 0 Å². The van der Waals surface area contributed by atoms with Crippen molar-refractivity contribution >= 4 is 15.9 Å². The number of hydrogen-bond donors (Lipinski definition) is 1. The van der Waals surface area contributed by atoms with Crippen LogP contribution in [-0.2, 0) is 10.2 Å². The van der Waals surface area contributed by atoms with Gasteiger partial charge in [0.1, 0.15) is 0 Å². The van der Waals surface area contributed by atoms with Gasteiger partial charge in [0, 0.05) is 18.8 Å². The molecule has 0 unspecified atom stereocenters. The summed E-state index contributed by atoms with van der Waals surface area (Å²) in [6, 6.07) is 9.01. The molecule has 0 aromatic heterocycles. The second-order valence-corrected chi connectivity index (χ2v) is 8.64. The van der Waals surface area contributed by atoms with Gasteiger partial charge >= 0.3 is 10.2 Å². The van der Waals surface area contributed by atoms with Gasteiger partial charge in [-0.2, -0.15) is 12.7 Å². The highest BCUT2D eigenvalue weighted by molar-refractivity contribution is 7.90. The minimum atomic E-state index is -3.64. The molecule has 1 fully saturated rings. The van der Waals surface area contributed by atoms with Gasteiger partial charge in [0.05, 0.1) is 0 Å². The lowest BCUT2D eigenvalue weighted by atomic mass is 9.88. The molecular weight excluding hydrogens is 392 g/mol. The SMILES string of the molecule is C=C\C=C/C(=C\C)C(=C1/CCCN(S(=O)(=O)Nc2ccccc2)C1)/C(/C=C\C)=C/C. The number of hydrogen-bond acceptors (Lipinski definition) is 2. The maximum absolute atomic E-state index is 13.0. The summed E-state index contributed by atoms with van der Waals surface area (Å²) in [6.07, 6.45) is 15.5. The van der Waals surface area contributed by atoms with E-state index in [1.165, 1.54) is 4.31 Å². The lowest BCUT2D eigenvalue weighted by molar-refractivity contribution is 0.396. The van der Waals surface area contributed by atoms with Crippen molar-refractivity contribution in [3.05, 3.63) is 102 Å². The predicted molar refractivity (Wildman–Crippen MR) is 128 cm³/mol. The molecule has 0 atom stereocenters. The summed E-state index contributed by atoms with van der Waals surface area (Å²) in [5, 5.41) is 0. The van der Waals surface area contributed by atoms with Crippen LogP contribution in [0.25, 0.3) is 0 Å². The van der Waals surface area contributed by atoms with Crippen LogP contribution in [0.2, 0.25) is 0 Å². The van der Waals surface area contributed by atoms with Crippen LogP contribution in [0, 0.1) is 0 Å². The summed E-state index contributed by atoms with van der Waals surface area (Å²) in [5.41, 5.74) is 4.93. The minimum Gasteiger partial charge on any atom is -0.271 e. The van der Waals surface area contributed by atoms with Gasteiger partial charge in [-0.1, -0.05) is 67.3 Å². The molecule has 1 aromatic carbocycles. The van der Waals surface area contributed by atoms with Gasteiger partial charge in [-0.3, -0.25) is 4.72 Å². The lowest BCUT2D eigenvalue weighted by Crippen LogP contribution is -2.40. The predicted octanol–water partition coefficient (Wildman–Crippen LogP) is 5.95. The number of nitrogens with zero attached hydrogens (tertiary/aromatic N) is 1. The third-order valence-corrected chi connectivity index (χ3v) is 6.41. The van der Waals surface area contributed by atoms with E-state index in [0.717, 1.165) is 35.1 Å². The van der Waals surface area contributed by atoms with E-state index in [9.17, 15) is 8.42 Å². The summed E-state index contributed by atoms with van der Waals surface area (Å²) >= 11 is 0. The van der Waals surface area contributed by atoms with Gasteiger partial charge in [-0.25, -0.2) is 0 Å². The van der Waals surface area contributed by atoms with E-state index >= 15 is 0 Å². The molecule has 30 heavy (non-hydrogen) atoms. The molecule has 1 saturated heterocycles. The van der Waals surface area contributed by atoms with E-state index in [2.05, 4.69) is 29.5 Å². The molecule has 1 aliphatic rings. The van der Waals surface area contributed by atoms with E-state index in [0.29, 0.717) is 18.8 Å². The zero-order chi connectivity index (χ0) is 22.0. The Hall–Kier alpha value is -2.63. The molecule has 160 valence electrons. The van der Waals surface area contributed by atoms with Gasteiger partial charge in [0.2, 0.25) is 0 Å². The molecule has 0 bridgehead atoms. The van der Waals surface area contributed by atoms with E-state index in [1.54, 1.807) is 18.2 Å². The standard InChI is InChI=1S/C25H32N2O2S/c1-5-9-15-22(8-4)25(21(7-3)14-6-2)23-16-13-19-27(20-23)30(28,29)26-24-17-11-10-12-18-24/h5-12,14-15,17-18,26H,1,13,16,19-20H2,2-4H3/b14-6-,15-9-,21-7+,22-8+,25-23-. The highest BCUT2D eigenvalue weighted by Gasteiger charge is 2.28. The van der Waals surface area contributed by atoms with Crippen molar-refractivity contribution in [2.24, 2.45) is 0 Å². The zero-order valence-corrected chi connectivity index (χ0v) is 19.0. The first-order chi connectivity index (χ1) is 14.5. The van der Waals surface area contributed by atoms with Crippen LogP contribution in [0.15, 0.2) is 102 Å². The Kier molecular flexibility index (Phi) is 9.09. The molecule has 1 heterocycles. The number of allylic oxidation sites excluding steroid dienone is 10. The zero-order valence-electron chi connectivity index (χ0n) is 18.1. The molecule has 4 nitrogen and oxygen atoms in total. The molecule has 0 amide bonds. The lowest BCUT2D eigenvalue weighted by Gasteiger charge is -2.30. The van der Waals surface area contributed by atoms with Crippen molar-refractivity contribution in [1.29, 1.82) is 0 Å². The van der Waals surface area contributed by atoms with Crippen LogP contribution in [0.5, 0.6) is 0 Å². The van der Waals surface area contributed by atoms with E-state index in [1.807, 2.05) is 57.2 Å². The van der Waals surface area contributed by atoms with Gasteiger partial charge in [0.25, 0.3) is 0 Å². The fourth-order valence-corrected chi connectivity index (χ4v) is 4.80. The van der Waals surface area contributed by atoms with Crippen LogP contribution in [-0.4, -0.2) is 25.8 Å². The molecule has 5 heteroatoms. The largest absolute Gasteiger partial charge is 0.301 e. The van der Waals surface area contributed by atoms with Crippen molar-refractivity contribution < 1.29 is 8.42 Å². The second kappa shape index (κ2) is 11.5. The number of para-hydroxylation sites is 1. The van der Waals surface area contributed by atoms with Gasteiger partial charge < -0.3 is 0 Å². The molecule has 0 spiro atoms. The fourth-order valence-electron chi connectivity index (χ4n) is 3.54. The van der Waals surface area contributed by atoms with Crippen LogP contribution in [0.4, 0.5) is 5.69 Å². The summed E-state index contributed by atoms with van der Waals surface area (Å²) in [4.78, 5) is 0. The summed E-state index contributed by atoms with van der Waals surface area (Å²) in [7, 11) is -3.64. The third kappa shape index (κ3) is 6.18. The van der Waals surface area contributed by atoms with E-state index < -0.39 is 10.2 Å². The number of nitrogens with one attached hydrogen (secondary N) is 1. The highest BCUT2D eigenvalue weighted by atomic mass is 32.2. The molecule has 0 aliphatic carbocycles. The Balaban J connectivity index is 2.46. The van der Waals surface area contributed by atoms with Crippen molar-refractivity contribution in [2.75, 3.05) is 17.8 Å². The smallest absolute Gasteiger partial charge is 0.271 e. The summed E-state index contributed by atoms with van der Waals surface area (Å²) in [6.45, 7) is 10.6. The number of piperidine rings is 1. The van der Waals surface area contributed by atoms with Gasteiger partial charge in [0.15, 0.2) is 0 Å². The average molecular weight is 425 g/mol. The monoisotopic (exact) mass is 424 g/mol. The van der Waals surface area contributed by atoms with Crippen LogP contribution in [0.1, 0.15) is 33.6 Å². The number of anilines is 1. The molecule has 1 aromatic rings. The highest BCUT2D eigenvalue weighted by Crippen LogP contribution is 2.31.